The lowest BCUT2D eigenvalue weighted by Crippen LogP contribution is -2.48. The van der Waals surface area contributed by atoms with Crippen molar-refractivity contribution < 1.29 is 23.7 Å². The number of carbonyl (C=O) groups excluding carboxylic acids is 1. The first-order chi connectivity index (χ1) is 22.8. The van der Waals surface area contributed by atoms with E-state index in [1.54, 1.807) is 14.2 Å². The number of amides is 1. The summed E-state index contributed by atoms with van der Waals surface area (Å²) in [6, 6.07) is 14.7. The van der Waals surface area contributed by atoms with Crippen LogP contribution in [-0.4, -0.2) is 56.0 Å². The molecule has 2 aromatic carbocycles. The van der Waals surface area contributed by atoms with Crippen LogP contribution in [-0.2, 0) is 20.7 Å². The highest BCUT2D eigenvalue weighted by Gasteiger charge is 2.40. The van der Waals surface area contributed by atoms with Crippen LogP contribution in [0.2, 0.25) is 0 Å². The molecule has 8 nitrogen and oxygen atoms in total. The van der Waals surface area contributed by atoms with Gasteiger partial charge in [0.15, 0.2) is 11.6 Å². The van der Waals surface area contributed by atoms with Crippen molar-refractivity contribution in [3.8, 4) is 11.5 Å². The van der Waals surface area contributed by atoms with E-state index in [0.717, 1.165) is 48.3 Å². The minimum Gasteiger partial charge on any atom is -0.488 e. The number of nitrogens with two attached hydrogens (primary N) is 1. The highest BCUT2D eigenvalue weighted by atomic mass is 16.6. The minimum absolute atomic E-state index is 0.00576. The number of guanidine groups is 1. The topological polar surface area (TPSA) is 104 Å². The van der Waals surface area contributed by atoms with Crippen molar-refractivity contribution in [3.63, 3.8) is 0 Å². The Balaban J connectivity index is 0.000000244. The SMILES string of the molecule is C=C(C)c1ccc2c(c1)CC(COC)(COC)O2.CCC.CCC1(CC)CC(=O)NC(N)=N1.CCCC1CC(C)(C)Oc2ccccc21. The molecule has 0 saturated heterocycles. The van der Waals surface area contributed by atoms with Crippen molar-refractivity contribution >= 4 is 17.4 Å². The van der Waals surface area contributed by atoms with E-state index < -0.39 is 0 Å². The molecular formula is C40H63N3O5. The molecule has 3 aliphatic heterocycles. The Hall–Kier alpha value is -3.36. The Morgan fingerprint density at radius 3 is 2.15 bits per heavy atom. The van der Waals surface area contributed by atoms with Gasteiger partial charge in [-0.1, -0.05) is 83.9 Å². The van der Waals surface area contributed by atoms with E-state index in [-0.39, 0.29) is 28.6 Å². The predicted octanol–water partition coefficient (Wildman–Crippen LogP) is 8.61. The number of nitrogens with one attached hydrogen (secondary N) is 1. The van der Waals surface area contributed by atoms with Gasteiger partial charge in [0.1, 0.15) is 17.1 Å². The lowest BCUT2D eigenvalue weighted by Gasteiger charge is -2.37. The summed E-state index contributed by atoms with van der Waals surface area (Å²) in [6.07, 6.45) is 7.89. The van der Waals surface area contributed by atoms with Crippen molar-refractivity contribution in [2.24, 2.45) is 10.7 Å². The molecule has 3 N–H and O–H groups in total. The molecule has 48 heavy (non-hydrogen) atoms. The van der Waals surface area contributed by atoms with Crippen molar-refractivity contribution in [3.05, 3.63) is 65.7 Å². The first-order valence-corrected chi connectivity index (χ1v) is 17.6. The summed E-state index contributed by atoms with van der Waals surface area (Å²) in [7, 11) is 3.37. The number of para-hydroxylation sites is 1. The van der Waals surface area contributed by atoms with Gasteiger partial charge in [-0.3, -0.25) is 10.1 Å². The van der Waals surface area contributed by atoms with Crippen LogP contribution in [0.3, 0.4) is 0 Å². The molecule has 1 amide bonds. The lowest BCUT2D eigenvalue weighted by atomic mass is 9.82. The monoisotopic (exact) mass is 665 g/mol. The van der Waals surface area contributed by atoms with E-state index in [1.807, 2.05) is 32.9 Å². The zero-order valence-corrected chi connectivity index (χ0v) is 31.5. The largest absolute Gasteiger partial charge is 0.488 e. The summed E-state index contributed by atoms with van der Waals surface area (Å²) in [6.45, 7) is 22.0. The van der Waals surface area contributed by atoms with Gasteiger partial charge < -0.3 is 24.7 Å². The van der Waals surface area contributed by atoms with Crippen molar-refractivity contribution in [1.29, 1.82) is 0 Å². The number of rotatable bonds is 9. The number of allylic oxidation sites excluding steroid dienone is 1. The maximum Gasteiger partial charge on any atom is 0.229 e. The van der Waals surface area contributed by atoms with Gasteiger partial charge in [0.25, 0.3) is 0 Å². The Morgan fingerprint density at radius 1 is 0.979 bits per heavy atom. The smallest absolute Gasteiger partial charge is 0.229 e. The fourth-order valence-electron chi connectivity index (χ4n) is 6.45. The Morgan fingerprint density at radius 2 is 1.60 bits per heavy atom. The molecular weight excluding hydrogens is 602 g/mol. The summed E-state index contributed by atoms with van der Waals surface area (Å²) < 4.78 is 22.6. The van der Waals surface area contributed by atoms with Gasteiger partial charge in [-0.05, 0) is 87.3 Å². The van der Waals surface area contributed by atoms with E-state index in [9.17, 15) is 4.79 Å². The summed E-state index contributed by atoms with van der Waals surface area (Å²) in [5.74, 6) is 2.93. The third-order valence-corrected chi connectivity index (χ3v) is 8.76. The molecule has 2 aromatic rings. The van der Waals surface area contributed by atoms with E-state index in [1.165, 1.54) is 30.4 Å². The molecule has 0 spiro atoms. The number of hydrogen-bond donors (Lipinski definition) is 2. The van der Waals surface area contributed by atoms with Gasteiger partial charge in [0.2, 0.25) is 5.91 Å². The van der Waals surface area contributed by atoms with Gasteiger partial charge >= 0.3 is 0 Å². The number of benzene rings is 2. The normalized spacial score (nSPS) is 19.0. The van der Waals surface area contributed by atoms with Crippen molar-refractivity contribution in [2.45, 2.75) is 129 Å². The summed E-state index contributed by atoms with van der Waals surface area (Å²) in [4.78, 5) is 15.4. The molecule has 268 valence electrons. The molecule has 8 heteroatoms. The lowest BCUT2D eigenvalue weighted by molar-refractivity contribution is -0.121. The number of methoxy groups -OCH3 is 2. The quantitative estimate of drug-likeness (QED) is 0.278. The first-order valence-electron chi connectivity index (χ1n) is 17.6. The number of fused-ring (bicyclic) bond motifs is 2. The number of hydrogen-bond acceptors (Lipinski definition) is 7. The van der Waals surface area contributed by atoms with Crippen LogP contribution in [0.15, 0.2) is 54.0 Å². The zero-order valence-electron chi connectivity index (χ0n) is 31.5. The standard InChI is InChI=1S/C15H20O3.C14H20O.C8H15N3O.C3H8/c1-11(2)12-5-6-14-13(7-12)8-15(18-14,9-16-3)10-17-4;1-4-7-11-10-14(2,3)15-13-9-6-5-8-12(11)13;1-3-8(4-2)5-6(12)10-7(9)11-8;1-3-2/h5-7H,1,8-10H2,2-4H3;5-6,8-9,11H,4,7,10H2,1-3H3;3-5H2,1-2H3,(H3,9,10,11,12);3H2,1-2H3. The molecule has 0 aromatic heterocycles. The van der Waals surface area contributed by atoms with Crippen LogP contribution >= 0.6 is 0 Å². The predicted molar refractivity (Wildman–Crippen MR) is 199 cm³/mol. The van der Waals surface area contributed by atoms with E-state index in [0.29, 0.717) is 25.6 Å². The molecule has 0 radical (unpaired) electrons. The molecule has 1 atom stereocenters. The molecule has 3 heterocycles. The Kier molecular flexibility index (Phi) is 16.1. The average Bonchev–Trinajstić information content (AvgIpc) is 3.38. The highest BCUT2D eigenvalue weighted by Crippen LogP contribution is 2.42. The fourth-order valence-corrected chi connectivity index (χ4v) is 6.45. The van der Waals surface area contributed by atoms with Crippen LogP contribution in [0.4, 0.5) is 0 Å². The van der Waals surface area contributed by atoms with Gasteiger partial charge in [-0.2, -0.15) is 0 Å². The van der Waals surface area contributed by atoms with E-state index >= 15 is 0 Å². The second-order valence-corrected chi connectivity index (χ2v) is 13.9. The van der Waals surface area contributed by atoms with Gasteiger partial charge in [-0.15, -0.1) is 0 Å². The molecule has 0 saturated carbocycles. The second kappa shape index (κ2) is 19.0. The maximum absolute atomic E-state index is 11.1. The Labute approximate surface area is 290 Å². The average molecular weight is 666 g/mol. The van der Waals surface area contributed by atoms with E-state index in [4.69, 9.17) is 24.7 Å². The molecule has 0 aliphatic carbocycles. The molecule has 0 fully saturated rings. The van der Waals surface area contributed by atoms with Crippen LogP contribution in [0, 0.1) is 0 Å². The van der Waals surface area contributed by atoms with Gasteiger partial charge in [0, 0.05) is 20.6 Å². The van der Waals surface area contributed by atoms with Gasteiger partial charge in [0.05, 0.1) is 25.2 Å². The number of ether oxygens (including phenoxy) is 4. The first kappa shape index (κ1) is 40.8. The van der Waals surface area contributed by atoms with Crippen molar-refractivity contribution in [2.75, 3.05) is 27.4 Å². The van der Waals surface area contributed by atoms with E-state index in [2.05, 4.69) is 81.8 Å². The molecule has 1 unspecified atom stereocenters. The third-order valence-electron chi connectivity index (χ3n) is 8.76. The summed E-state index contributed by atoms with van der Waals surface area (Å²) >= 11 is 0. The van der Waals surface area contributed by atoms with Crippen LogP contribution in [0.1, 0.15) is 123 Å². The molecule has 5 rings (SSSR count). The van der Waals surface area contributed by atoms with Gasteiger partial charge in [-0.25, -0.2) is 4.99 Å². The molecule has 3 aliphatic rings. The zero-order chi connectivity index (χ0) is 36.0. The summed E-state index contributed by atoms with van der Waals surface area (Å²) in [5, 5.41) is 2.49. The number of carbonyl (C=O) groups is 1. The number of nitrogens with zero attached hydrogens (tertiary/aromatic N) is 1. The Bertz CT molecular complexity index is 1340. The van der Waals surface area contributed by atoms with Crippen LogP contribution in [0.25, 0.3) is 5.57 Å². The summed E-state index contributed by atoms with van der Waals surface area (Å²) in [5.41, 5.74) is 9.65. The van der Waals surface area contributed by atoms with Crippen LogP contribution < -0.4 is 20.5 Å². The third kappa shape index (κ3) is 11.7. The maximum atomic E-state index is 11.1. The number of aliphatic imine (C=N–C) groups is 1. The minimum atomic E-state index is -0.389. The highest BCUT2D eigenvalue weighted by molar-refractivity contribution is 5.98. The van der Waals surface area contributed by atoms with Crippen molar-refractivity contribution in [1.82, 2.24) is 5.32 Å². The second-order valence-electron chi connectivity index (χ2n) is 13.9. The van der Waals surface area contributed by atoms with Crippen LogP contribution in [0.5, 0.6) is 11.5 Å². The fraction of sp³-hybridized carbons (Fsp3) is 0.600. The molecule has 0 bridgehead atoms.